The summed E-state index contributed by atoms with van der Waals surface area (Å²) in [6.45, 7) is 0. The van der Waals surface area contributed by atoms with Crippen molar-refractivity contribution in [3.05, 3.63) is 48.0 Å². The third-order valence-corrected chi connectivity index (χ3v) is 5.27. The molecule has 8 nitrogen and oxygen atoms in total. The Morgan fingerprint density at radius 3 is 2.45 bits per heavy atom. The Bertz CT molecular complexity index is 1060. The molecule has 0 bridgehead atoms. The Balaban J connectivity index is 1.35. The summed E-state index contributed by atoms with van der Waals surface area (Å²) in [6, 6.07) is 5.22. The maximum atomic E-state index is 13.0. The highest BCUT2D eigenvalue weighted by Gasteiger charge is 2.34. The number of carbonyl (C=O) groups excluding carboxylic acids is 1. The average molecular weight is 434 g/mol. The van der Waals surface area contributed by atoms with Crippen molar-refractivity contribution in [1.29, 1.82) is 0 Å². The number of carbonyl (C=O) groups is 1. The van der Waals surface area contributed by atoms with Gasteiger partial charge in [-0.1, -0.05) is 6.07 Å². The first-order valence-electron chi connectivity index (χ1n) is 9.82. The number of alkyl halides is 3. The average Bonchev–Trinajstić information content (AvgIpc) is 3.21. The number of halogens is 3. The Morgan fingerprint density at radius 1 is 1.13 bits per heavy atom. The molecular formula is C20H21F3N6O2. The number of nitrogens with zero attached hydrogens (tertiary/aromatic N) is 4. The number of imidazole rings is 1. The number of amides is 1. The van der Waals surface area contributed by atoms with E-state index in [4.69, 9.17) is 4.74 Å². The van der Waals surface area contributed by atoms with E-state index in [0.29, 0.717) is 11.4 Å². The summed E-state index contributed by atoms with van der Waals surface area (Å²) >= 11 is 0. The van der Waals surface area contributed by atoms with Crippen LogP contribution in [0.15, 0.2) is 36.8 Å². The van der Waals surface area contributed by atoms with E-state index in [-0.39, 0.29) is 29.6 Å². The van der Waals surface area contributed by atoms with Crippen molar-refractivity contribution in [2.24, 2.45) is 0 Å². The fourth-order valence-electron chi connectivity index (χ4n) is 3.66. The first-order valence-corrected chi connectivity index (χ1v) is 9.82. The molecule has 11 heteroatoms. The van der Waals surface area contributed by atoms with Crippen LogP contribution < -0.4 is 15.4 Å². The fourth-order valence-corrected chi connectivity index (χ4v) is 3.66. The zero-order chi connectivity index (χ0) is 22.0. The summed E-state index contributed by atoms with van der Waals surface area (Å²) in [5.74, 6) is 0.310. The lowest BCUT2D eigenvalue weighted by atomic mass is 9.91. The second-order valence-corrected chi connectivity index (χ2v) is 7.39. The molecular weight excluding hydrogens is 413 g/mol. The van der Waals surface area contributed by atoms with Crippen molar-refractivity contribution in [3.63, 3.8) is 0 Å². The van der Waals surface area contributed by atoms with Crippen molar-refractivity contribution in [3.8, 4) is 6.01 Å². The third kappa shape index (κ3) is 4.70. The van der Waals surface area contributed by atoms with Gasteiger partial charge in [-0.15, -0.1) is 0 Å². The molecule has 164 valence electrons. The molecule has 1 saturated carbocycles. The van der Waals surface area contributed by atoms with E-state index in [0.717, 1.165) is 31.9 Å². The van der Waals surface area contributed by atoms with Crippen molar-refractivity contribution >= 4 is 17.4 Å². The lowest BCUT2D eigenvalue weighted by molar-refractivity contribution is -0.140. The molecule has 3 heterocycles. The summed E-state index contributed by atoms with van der Waals surface area (Å²) in [5.41, 5.74) is -0.330. The topological polar surface area (TPSA) is 93.4 Å². The first kappa shape index (κ1) is 20.9. The van der Waals surface area contributed by atoms with Gasteiger partial charge in [-0.3, -0.25) is 9.20 Å². The van der Waals surface area contributed by atoms with E-state index >= 15 is 0 Å². The number of ether oxygens (including phenoxy) is 1. The minimum Gasteiger partial charge on any atom is -0.467 e. The van der Waals surface area contributed by atoms with Gasteiger partial charge < -0.3 is 15.4 Å². The number of nitrogens with one attached hydrogen (secondary N) is 2. The highest BCUT2D eigenvalue weighted by Crippen LogP contribution is 2.30. The highest BCUT2D eigenvalue weighted by molar-refractivity contribution is 5.93. The lowest BCUT2D eigenvalue weighted by Crippen LogP contribution is -2.40. The van der Waals surface area contributed by atoms with Gasteiger partial charge >= 0.3 is 12.2 Å². The normalized spacial score (nSPS) is 19.2. The molecule has 0 unspecified atom stereocenters. The molecule has 1 fully saturated rings. The molecule has 3 aromatic heterocycles. The van der Waals surface area contributed by atoms with Crippen LogP contribution in [0.25, 0.3) is 5.65 Å². The van der Waals surface area contributed by atoms with Gasteiger partial charge in [0.15, 0.2) is 5.69 Å². The summed E-state index contributed by atoms with van der Waals surface area (Å²) in [5, 5.41) is 6.29. The Hall–Kier alpha value is -3.37. The largest absolute Gasteiger partial charge is 0.467 e. The van der Waals surface area contributed by atoms with Gasteiger partial charge in [-0.05, 0) is 37.8 Å². The predicted octanol–water partition coefficient (Wildman–Crippen LogP) is 3.30. The van der Waals surface area contributed by atoms with E-state index in [2.05, 4.69) is 25.6 Å². The Kier molecular flexibility index (Phi) is 5.66. The molecule has 0 aromatic carbocycles. The summed E-state index contributed by atoms with van der Waals surface area (Å²) < 4.78 is 45.2. The summed E-state index contributed by atoms with van der Waals surface area (Å²) in [6.07, 6.45) is 2.35. The van der Waals surface area contributed by atoms with Gasteiger partial charge in [0.2, 0.25) is 0 Å². The predicted molar refractivity (Wildman–Crippen MR) is 106 cm³/mol. The molecule has 31 heavy (non-hydrogen) atoms. The maximum absolute atomic E-state index is 13.0. The number of anilines is 1. The van der Waals surface area contributed by atoms with Crippen LogP contribution in [-0.2, 0) is 6.18 Å². The fraction of sp³-hybridized carbons (Fsp3) is 0.400. The van der Waals surface area contributed by atoms with Crippen LogP contribution in [0.3, 0.4) is 0 Å². The van der Waals surface area contributed by atoms with Crippen LogP contribution in [0, 0.1) is 0 Å². The number of rotatable bonds is 5. The smallest absolute Gasteiger partial charge is 0.434 e. The lowest BCUT2D eigenvalue weighted by Gasteiger charge is -2.30. The number of pyridine rings is 1. The van der Waals surface area contributed by atoms with Crippen molar-refractivity contribution in [1.82, 2.24) is 24.7 Å². The Morgan fingerprint density at radius 2 is 1.81 bits per heavy atom. The SMILES string of the molecule is COc1ncc(C(=O)N[C@H]2CC[C@@H](Nc3cccc4nc(C(F)(F)F)cn34)CC2)cn1. The molecule has 1 amide bonds. The molecule has 0 spiro atoms. The molecule has 1 aliphatic rings. The zero-order valence-corrected chi connectivity index (χ0v) is 16.7. The van der Waals surface area contributed by atoms with E-state index < -0.39 is 11.9 Å². The van der Waals surface area contributed by atoms with Crippen LogP contribution in [0.2, 0.25) is 0 Å². The van der Waals surface area contributed by atoms with Gasteiger partial charge in [-0.2, -0.15) is 13.2 Å². The van der Waals surface area contributed by atoms with E-state index in [1.54, 1.807) is 12.1 Å². The standard InChI is InChI=1S/C20H21F3N6O2/c1-31-19-24-9-12(10-25-19)18(30)27-14-7-5-13(6-8-14)26-16-3-2-4-17-28-15(11-29(16)17)20(21,22)23/h2-4,9-11,13-14,26H,5-8H2,1H3,(H,27,30)/t13-,14+. The van der Waals surface area contributed by atoms with E-state index in [1.165, 1.54) is 30.0 Å². The molecule has 3 aromatic rings. The number of methoxy groups -OCH3 is 1. The Labute approximate surface area is 175 Å². The maximum Gasteiger partial charge on any atom is 0.434 e. The van der Waals surface area contributed by atoms with Crippen LogP contribution in [0.1, 0.15) is 41.7 Å². The van der Waals surface area contributed by atoms with Crippen LogP contribution >= 0.6 is 0 Å². The number of aromatic nitrogens is 4. The molecule has 2 N–H and O–H groups in total. The monoisotopic (exact) mass is 434 g/mol. The van der Waals surface area contributed by atoms with Gasteiger partial charge in [-0.25, -0.2) is 15.0 Å². The van der Waals surface area contributed by atoms with Gasteiger partial charge in [0, 0.05) is 30.7 Å². The molecule has 4 rings (SSSR count). The molecule has 0 atom stereocenters. The van der Waals surface area contributed by atoms with E-state index in [9.17, 15) is 18.0 Å². The molecule has 1 aliphatic carbocycles. The molecule has 0 radical (unpaired) electrons. The van der Waals surface area contributed by atoms with Gasteiger partial charge in [0.25, 0.3) is 5.91 Å². The first-order chi connectivity index (χ1) is 14.8. The van der Waals surface area contributed by atoms with Crippen LogP contribution in [0.5, 0.6) is 6.01 Å². The zero-order valence-electron chi connectivity index (χ0n) is 16.7. The summed E-state index contributed by atoms with van der Waals surface area (Å²) in [4.78, 5) is 23.9. The third-order valence-electron chi connectivity index (χ3n) is 5.27. The van der Waals surface area contributed by atoms with Crippen LogP contribution in [-0.4, -0.2) is 44.5 Å². The molecule has 0 aliphatic heterocycles. The number of hydrogen-bond donors (Lipinski definition) is 2. The minimum absolute atomic E-state index is 0.00789. The minimum atomic E-state index is -4.49. The summed E-state index contributed by atoms with van der Waals surface area (Å²) in [7, 11) is 1.45. The molecule has 0 saturated heterocycles. The van der Waals surface area contributed by atoms with Gasteiger partial charge in [0.05, 0.1) is 12.7 Å². The van der Waals surface area contributed by atoms with Crippen LogP contribution in [0.4, 0.5) is 19.0 Å². The quantitative estimate of drug-likeness (QED) is 0.640. The number of hydrogen-bond acceptors (Lipinski definition) is 6. The second kappa shape index (κ2) is 8.40. The van der Waals surface area contributed by atoms with E-state index in [1.807, 2.05) is 0 Å². The van der Waals surface area contributed by atoms with Crippen molar-refractivity contribution < 1.29 is 22.7 Å². The highest BCUT2D eigenvalue weighted by atomic mass is 19.4. The number of fused-ring (bicyclic) bond motifs is 1. The van der Waals surface area contributed by atoms with Crippen molar-refractivity contribution in [2.45, 2.75) is 43.9 Å². The second-order valence-electron chi connectivity index (χ2n) is 7.39. The van der Waals surface area contributed by atoms with Gasteiger partial charge in [0.1, 0.15) is 11.5 Å². The van der Waals surface area contributed by atoms with Crippen molar-refractivity contribution in [2.75, 3.05) is 12.4 Å².